The lowest BCUT2D eigenvalue weighted by Gasteiger charge is -2.13. The van der Waals surface area contributed by atoms with Crippen molar-refractivity contribution in [2.24, 2.45) is 0 Å². The zero-order chi connectivity index (χ0) is 19.6. The van der Waals surface area contributed by atoms with Crippen LogP contribution in [0.15, 0.2) is 104 Å². The first-order chi connectivity index (χ1) is 14.3. The Kier molecular flexibility index (Phi) is 5.27. The molecule has 0 aliphatic carbocycles. The van der Waals surface area contributed by atoms with Crippen LogP contribution in [0.2, 0.25) is 0 Å². The maximum atomic E-state index is 6.31. The predicted molar refractivity (Wildman–Crippen MR) is 126 cm³/mol. The predicted octanol–water partition coefficient (Wildman–Crippen LogP) is 8.20. The van der Waals surface area contributed by atoms with Crippen molar-refractivity contribution in [3.8, 4) is 11.3 Å². The molecule has 5 rings (SSSR count). The van der Waals surface area contributed by atoms with Gasteiger partial charge >= 0.3 is 0 Å². The Morgan fingerprint density at radius 1 is 0.828 bits per heavy atom. The number of para-hydroxylation sites is 1. The number of rotatable bonds is 5. The zero-order valence-electron chi connectivity index (χ0n) is 15.3. The summed E-state index contributed by atoms with van der Waals surface area (Å²) in [6, 6.07) is 31.0. The van der Waals surface area contributed by atoms with Crippen LogP contribution in [-0.2, 0) is 0 Å². The first-order valence-electron chi connectivity index (χ1n) is 9.19. The number of thioether (sulfide) groups is 1. The summed E-state index contributed by atoms with van der Waals surface area (Å²) in [5.41, 5.74) is 3.31. The van der Waals surface area contributed by atoms with Crippen LogP contribution < -0.4 is 0 Å². The van der Waals surface area contributed by atoms with E-state index in [2.05, 4.69) is 76.6 Å². The first kappa shape index (κ1) is 18.7. The van der Waals surface area contributed by atoms with Gasteiger partial charge in [0.25, 0.3) is 0 Å². The molecule has 29 heavy (non-hydrogen) atoms. The summed E-state index contributed by atoms with van der Waals surface area (Å²) in [6.07, 6.45) is 0. The third-order valence-corrected chi connectivity index (χ3v) is 7.54. The average Bonchev–Trinajstić information content (AvgIpc) is 3.40. The van der Waals surface area contributed by atoms with Gasteiger partial charge in [0.1, 0.15) is 11.5 Å². The lowest BCUT2D eigenvalue weighted by atomic mass is 10.1. The molecule has 0 saturated carbocycles. The van der Waals surface area contributed by atoms with Crippen LogP contribution in [0.1, 0.15) is 16.6 Å². The Morgan fingerprint density at radius 2 is 1.59 bits per heavy atom. The number of hydrogen-bond acceptors (Lipinski definition) is 4. The van der Waals surface area contributed by atoms with Crippen LogP contribution >= 0.6 is 39.0 Å². The lowest BCUT2D eigenvalue weighted by Crippen LogP contribution is -1.94. The molecule has 1 atom stereocenters. The SMILES string of the molecule is Brc1ccc(-c2ccc(C(Sc3nc4ccccc4s3)c3ccccc3)o2)cc1. The van der Waals surface area contributed by atoms with E-state index in [-0.39, 0.29) is 5.25 Å². The maximum Gasteiger partial charge on any atom is 0.152 e. The molecule has 142 valence electrons. The molecule has 5 heteroatoms. The molecule has 2 nitrogen and oxygen atoms in total. The molecular weight excluding hydrogens is 462 g/mol. The topological polar surface area (TPSA) is 26.0 Å². The van der Waals surface area contributed by atoms with E-state index in [0.717, 1.165) is 31.4 Å². The van der Waals surface area contributed by atoms with E-state index in [4.69, 9.17) is 9.40 Å². The Balaban J connectivity index is 1.52. The summed E-state index contributed by atoms with van der Waals surface area (Å²) in [6.45, 7) is 0. The van der Waals surface area contributed by atoms with E-state index in [1.54, 1.807) is 23.1 Å². The van der Waals surface area contributed by atoms with E-state index in [1.807, 2.05) is 30.3 Å². The van der Waals surface area contributed by atoms with Gasteiger partial charge in [0, 0.05) is 10.0 Å². The molecule has 2 aromatic heterocycles. The van der Waals surface area contributed by atoms with Crippen molar-refractivity contribution in [3.63, 3.8) is 0 Å². The van der Waals surface area contributed by atoms with Crippen molar-refractivity contribution in [1.82, 2.24) is 4.98 Å². The van der Waals surface area contributed by atoms with E-state index >= 15 is 0 Å². The van der Waals surface area contributed by atoms with Gasteiger partial charge in [-0.05, 0) is 42.0 Å². The molecule has 0 saturated heterocycles. The van der Waals surface area contributed by atoms with Gasteiger partial charge in [-0.2, -0.15) is 0 Å². The highest BCUT2D eigenvalue weighted by Gasteiger charge is 2.22. The van der Waals surface area contributed by atoms with Crippen LogP contribution in [0.25, 0.3) is 21.5 Å². The highest BCUT2D eigenvalue weighted by Crippen LogP contribution is 2.44. The van der Waals surface area contributed by atoms with Gasteiger partial charge in [-0.15, -0.1) is 11.3 Å². The number of benzene rings is 3. The molecule has 5 aromatic rings. The third-order valence-electron chi connectivity index (χ3n) is 4.61. The number of halogens is 1. The third kappa shape index (κ3) is 4.04. The normalized spacial score (nSPS) is 12.3. The molecule has 0 amide bonds. The van der Waals surface area contributed by atoms with E-state index in [1.165, 1.54) is 10.3 Å². The first-order valence-corrected chi connectivity index (χ1v) is 11.7. The van der Waals surface area contributed by atoms with Crippen molar-refractivity contribution < 1.29 is 4.42 Å². The number of thiazole rings is 1. The van der Waals surface area contributed by atoms with Crippen molar-refractivity contribution in [2.45, 2.75) is 9.59 Å². The fraction of sp³-hybridized carbons (Fsp3) is 0.0417. The number of fused-ring (bicyclic) bond motifs is 1. The van der Waals surface area contributed by atoms with Gasteiger partial charge < -0.3 is 4.42 Å². The molecule has 0 radical (unpaired) electrons. The summed E-state index contributed by atoms with van der Waals surface area (Å²) in [7, 11) is 0. The van der Waals surface area contributed by atoms with Gasteiger partial charge in [-0.3, -0.25) is 0 Å². The Bertz CT molecular complexity index is 1210. The van der Waals surface area contributed by atoms with Crippen molar-refractivity contribution >= 4 is 49.2 Å². The zero-order valence-corrected chi connectivity index (χ0v) is 18.5. The molecule has 2 heterocycles. The number of nitrogens with zero attached hydrogens (tertiary/aromatic N) is 1. The molecule has 0 fully saturated rings. The van der Waals surface area contributed by atoms with Gasteiger partial charge in [-0.25, -0.2) is 4.98 Å². The standard InChI is InChI=1S/C24H16BrNOS2/c25-18-12-10-16(11-13-18)20-14-15-21(27-20)23(17-6-2-1-3-7-17)29-24-26-19-8-4-5-9-22(19)28-24/h1-15,23H. The van der Waals surface area contributed by atoms with E-state index in [0.29, 0.717) is 0 Å². The summed E-state index contributed by atoms with van der Waals surface area (Å²) >= 11 is 6.95. The number of hydrogen-bond donors (Lipinski definition) is 0. The summed E-state index contributed by atoms with van der Waals surface area (Å²) in [5.74, 6) is 1.80. The Morgan fingerprint density at radius 3 is 2.38 bits per heavy atom. The fourth-order valence-electron chi connectivity index (χ4n) is 3.18. The van der Waals surface area contributed by atoms with Crippen molar-refractivity contribution in [3.05, 3.63) is 107 Å². The van der Waals surface area contributed by atoms with Crippen molar-refractivity contribution in [1.29, 1.82) is 0 Å². The quantitative estimate of drug-likeness (QED) is 0.238. The monoisotopic (exact) mass is 477 g/mol. The molecule has 0 aliphatic rings. The summed E-state index contributed by atoms with van der Waals surface area (Å²) < 4.78 is 9.62. The minimum atomic E-state index is 0.0426. The molecular formula is C24H16BrNOS2. The number of furan rings is 1. The smallest absolute Gasteiger partial charge is 0.152 e. The molecule has 0 aliphatic heterocycles. The highest BCUT2D eigenvalue weighted by molar-refractivity contribution is 9.10. The number of aromatic nitrogens is 1. The summed E-state index contributed by atoms with van der Waals surface area (Å²) in [5, 5.41) is 0.0426. The average molecular weight is 478 g/mol. The lowest BCUT2D eigenvalue weighted by molar-refractivity contribution is 0.531. The highest BCUT2D eigenvalue weighted by atomic mass is 79.9. The summed E-state index contributed by atoms with van der Waals surface area (Å²) in [4.78, 5) is 4.81. The van der Waals surface area contributed by atoms with Crippen LogP contribution in [0.4, 0.5) is 0 Å². The minimum absolute atomic E-state index is 0.0426. The Labute approximate surface area is 185 Å². The van der Waals surface area contributed by atoms with Gasteiger partial charge in [0.15, 0.2) is 4.34 Å². The van der Waals surface area contributed by atoms with Gasteiger partial charge in [0.05, 0.1) is 15.5 Å². The minimum Gasteiger partial charge on any atom is -0.460 e. The molecule has 1 unspecified atom stereocenters. The van der Waals surface area contributed by atoms with Crippen LogP contribution in [-0.4, -0.2) is 4.98 Å². The van der Waals surface area contributed by atoms with Crippen molar-refractivity contribution in [2.75, 3.05) is 0 Å². The fourth-order valence-corrected chi connectivity index (χ4v) is 5.78. The second-order valence-electron chi connectivity index (χ2n) is 6.56. The molecule has 3 aromatic carbocycles. The second kappa shape index (κ2) is 8.19. The van der Waals surface area contributed by atoms with Crippen LogP contribution in [0, 0.1) is 0 Å². The maximum absolute atomic E-state index is 6.31. The molecule has 0 spiro atoms. The van der Waals surface area contributed by atoms with E-state index in [9.17, 15) is 0 Å². The molecule has 0 bridgehead atoms. The van der Waals surface area contributed by atoms with Gasteiger partial charge in [-0.1, -0.05) is 82.3 Å². The largest absolute Gasteiger partial charge is 0.460 e. The van der Waals surface area contributed by atoms with Gasteiger partial charge in [0.2, 0.25) is 0 Å². The Hall–Kier alpha value is -2.34. The van der Waals surface area contributed by atoms with Crippen LogP contribution in [0.5, 0.6) is 0 Å². The second-order valence-corrected chi connectivity index (χ2v) is 9.86. The molecule has 0 N–H and O–H groups in total. The van der Waals surface area contributed by atoms with Crippen LogP contribution in [0.3, 0.4) is 0 Å². The van der Waals surface area contributed by atoms with E-state index < -0.39 is 0 Å².